The van der Waals surface area contributed by atoms with Gasteiger partial charge >= 0.3 is 0 Å². The molecular weight excluding hydrogens is 252 g/mol. The molecule has 5 nitrogen and oxygen atoms in total. The summed E-state index contributed by atoms with van der Waals surface area (Å²) < 4.78 is 1.53. The van der Waals surface area contributed by atoms with Crippen LogP contribution in [0.1, 0.15) is 32.5 Å². The Balaban J connectivity index is 1.68. The van der Waals surface area contributed by atoms with Gasteiger partial charge in [0.2, 0.25) is 0 Å². The van der Waals surface area contributed by atoms with Crippen LogP contribution in [0.5, 0.6) is 0 Å². The quantitative estimate of drug-likeness (QED) is 0.926. The summed E-state index contributed by atoms with van der Waals surface area (Å²) >= 11 is 0. The Morgan fingerprint density at radius 1 is 1.35 bits per heavy atom. The number of pyridine rings is 1. The van der Waals surface area contributed by atoms with Crippen LogP contribution < -0.4 is 5.56 Å². The van der Waals surface area contributed by atoms with E-state index in [4.69, 9.17) is 0 Å². The summed E-state index contributed by atoms with van der Waals surface area (Å²) in [6, 6.07) is 5.81. The third-order valence-electron chi connectivity index (χ3n) is 4.29. The number of nitrogens with zero attached hydrogens (tertiary/aromatic N) is 3. The van der Waals surface area contributed by atoms with Crippen molar-refractivity contribution in [3.8, 4) is 0 Å². The van der Waals surface area contributed by atoms with Crippen molar-refractivity contribution in [3.63, 3.8) is 0 Å². The molecule has 2 aromatic heterocycles. The van der Waals surface area contributed by atoms with Crippen LogP contribution in [0, 0.1) is 5.92 Å². The Kier molecular flexibility index (Phi) is 3.61. The van der Waals surface area contributed by atoms with Gasteiger partial charge < -0.3 is 4.90 Å². The summed E-state index contributed by atoms with van der Waals surface area (Å²) in [5, 5.41) is 3.12. The van der Waals surface area contributed by atoms with Gasteiger partial charge in [-0.3, -0.25) is 9.89 Å². The van der Waals surface area contributed by atoms with E-state index >= 15 is 0 Å². The zero-order chi connectivity index (χ0) is 14.1. The lowest BCUT2D eigenvalue weighted by Crippen LogP contribution is -2.38. The van der Waals surface area contributed by atoms with Gasteiger partial charge in [-0.2, -0.15) is 0 Å². The zero-order valence-electron chi connectivity index (χ0n) is 12.2. The second kappa shape index (κ2) is 5.40. The highest BCUT2D eigenvalue weighted by molar-refractivity contribution is 5.36. The second-order valence-corrected chi connectivity index (χ2v) is 6.01. The van der Waals surface area contributed by atoms with Crippen molar-refractivity contribution in [2.24, 2.45) is 5.92 Å². The molecule has 1 saturated heterocycles. The van der Waals surface area contributed by atoms with E-state index in [-0.39, 0.29) is 5.56 Å². The van der Waals surface area contributed by atoms with Crippen molar-refractivity contribution in [2.75, 3.05) is 13.1 Å². The maximum absolute atomic E-state index is 11.7. The number of aromatic nitrogens is 3. The second-order valence-electron chi connectivity index (χ2n) is 6.01. The van der Waals surface area contributed by atoms with Crippen LogP contribution in [0.15, 0.2) is 23.0 Å². The van der Waals surface area contributed by atoms with E-state index in [1.807, 2.05) is 6.07 Å². The maximum atomic E-state index is 11.7. The molecule has 0 aliphatic carbocycles. The molecule has 0 spiro atoms. The topological polar surface area (TPSA) is 53.4 Å². The van der Waals surface area contributed by atoms with Crippen LogP contribution in [-0.4, -0.2) is 38.6 Å². The molecule has 0 saturated carbocycles. The predicted octanol–water partition coefficient (Wildman–Crippen LogP) is 1.69. The highest BCUT2D eigenvalue weighted by atomic mass is 16.1. The molecule has 0 radical (unpaired) electrons. The first-order valence-electron chi connectivity index (χ1n) is 7.44. The first kappa shape index (κ1) is 13.4. The Labute approximate surface area is 118 Å². The van der Waals surface area contributed by atoms with Gasteiger partial charge in [-0.1, -0.05) is 6.07 Å². The van der Waals surface area contributed by atoms with Crippen LogP contribution in [0.25, 0.3) is 5.65 Å². The fourth-order valence-electron chi connectivity index (χ4n) is 3.01. The average Bonchev–Trinajstić information content (AvgIpc) is 2.83. The fourth-order valence-corrected chi connectivity index (χ4v) is 3.01. The minimum Gasteiger partial charge on any atom is -0.301 e. The Bertz CT molecular complexity index is 635. The van der Waals surface area contributed by atoms with E-state index in [1.54, 1.807) is 12.1 Å². The molecule has 0 bridgehead atoms. The largest absolute Gasteiger partial charge is 0.301 e. The molecule has 3 heterocycles. The Morgan fingerprint density at radius 3 is 2.75 bits per heavy atom. The predicted molar refractivity (Wildman–Crippen MR) is 78.9 cm³/mol. The molecule has 20 heavy (non-hydrogen) atoms. The molecule has 1 aliphatic rings. The third kappa shape index (κ3) is 2.63. The number of aromatic amines is 1. The van der Waals surface area contributed by atoms with Gasteiger partial charge in [-0.05, 0) is 51.8 Å². The number of hydrogen-bond donors (Lipinski definition) is 1. The SMILES string of the molecule is CC(C)N1CCC(Cc2nc3cccc(=O)n3[nH]2)CC1. The molecular formula is C15H22N4O. The van der Waals surface area contributed by atoms with E-state index in [0.29, 0.717) is 17.6 Å². The summed E-state index contributed by atoms with van der Waals surface area (Å²) in [5.74, 6) is 1.59. The van der Waals surface area contributed by atoms with Crippen LogP contribution in [-0.2, 0) is 6.42 Å². The molecule has 1 N–H and O–H groups in total. The Hall–Kier alpha value is -1.62. The number of likely N-dealkylation sites (tertiary alicyclic amines) is 1. The number of fused-ring (bicyclic) bond motifs is 1. The highest BCUT2D eigenvalue weighted by Gasteiger charge is 2.22. The van der Waals surface area contributed by atoms with E-state index in [9.17, 15) is 4.79 Å². The Morgan fingerprint density at radius 2 is 2.10 bits per heavy atom. The summed E-state index contributed by atoms with van der Waals surface area (Å²) in [5.41, 5.74) is 0.669. The van der Waals surface area contributed by atoms with Gasteiger partial charge in [-0.15, -0.1) is 0 Å². The van der Waals surface area contributed by atoms with Crippen LogP contribution >= 0.6 is 0 Å². The molecule has 5 heteroatoms. The number of nitrogens with one attached hydrogen (secondary N) is 1. The van der Waals surface area contributed by atoms with Gasteiger partial charge in [-0.25, -0.2) is 9.50 Å². The fraction of sp³-hybridized carbons (Fsp3) is 0.600. The van der Waals surface area contributed by atoms with Crippen molar-refractivity contribution < 1.29 is 0 Å². The summed E-state index contributed by atoms with van der Waals surface area (Å²) in [4.78, 5) is 18.7. The first-order valence-corrected chi connectivity index (χ1v) is 7.44. The monoisotopic (exact) mass is 274 g/mol. The molecule has 3 rings (SSSR count). The van der Waals surface area contributed by atoms with Gasteiger partial charge in [0, 0.05) is 18.5 Å². The highest BCUT2D eigenvalue weighted by Crippen LogP contribution is 2.21. The zero-order valence-corrected chi connectivity index (χ0v) is 12.2. The van der Waals surface area contributed by atoms with Crippen LogP contribution in [0.2, 0.25) is 0 Å². The van der Waals surface area contributed by atoms with Crippen LogP contribution in [0.4, 0.5) is 0 Å². The number of piperidine rings is 1. The minimum atomic E-state index is -0.0455. The van der Waals surface area contributed by atoms with Crippen molar-refractivity contribution in [1.82, 2.24) is 19.5 Å². The van der Waals surface area contributed by atoms with Gasteiger partial charge in [0.05, 0.1) is 0 Å². The van der Waals surface area contributed by atoms with Crippen molar-refractivity contribution >= 4 is 5.65 Å². The molecule has 1 aliphatic heterocycles. The lowest BCUT2D eigenvalue weighted by Gasteiger charge is -2.34. The summed E-state index contributed by atoms with van der Waals surface area (Å²) in [6.07, 6.45) is 3.36. The van der Waals surface area contributed by atoms with Crippen LogP contribution in [0.3, 0.4) is 0 Å². The first-order chi connectivity index (χ1) is 9.63. The van der Waals surface area contributed by atoms with Gasteiger partial charge in [0.1, 0.15) is 5.82 Å². The van der Waals surface area contributed by atoms with E-state index in [2.05, 4.69) is 28.8 Å². The van der Waals surface area contributed by atoms with Crippen molar-refractivity contribution in [3.05, 3.63) is 34.4 Å². The summed E-state index contributed by atoms with van der Waals surface area (Å²) in [7, 11) is 0. The number of H-pyrrole nitrogens is 1. The third-order valence-corrected chi connectivity index (χ3v) is 4.29. The minimum absolute atomic E-state index is 0.0455. The smallest absolute Gasteiger partial charge is 0.271 e. The van der Waals surface area contributed by atoms with Crippen molar-refractivity contribution in [1.29, 1.82) is 0 Å². The lowest BCUT2D eigenvalue weighted by molar-refractivity contribution is 0.148. The van der Waals surface area contributed by atoms with Crippen molar-refractivity contribution in [2.45, 2.75) is 39.2 Å². The average molecular weight is 274 g/mol. The lowest BCUT2D eigenvalue weighted by atomic mass is 9.93. The molecule has 0 atom stereocenters. The standard InChI is InChI=1S/C15H22N4O/c1-11(2)18-8-6-12(7-9-18)10-13-16-14-4-3-5-15(20)19(14)17-13/h3-5,11-12H,6-10H2,1-2H3,(H,16,17). The number of hydrogen-bond acceptors (Lipinski definition) is 3. The molecule has 0 aromatic carbocycles. The van der Waals surface area contributed by atoms with Gasteiger partial charge in [0.25, 0.3) is 5.56 Å². The molecule has 108 valence electrons. The number of rotatable bonds is 3. The maximum Gasteiger partial charge on any atom is 0.271 e. The molecule has 0 unspecified atom stereocenters. The molecule has 1 fully saturated rings. The molecule has 0 amide bonds. The summed E-state index contributed by atoms with van der Waals surface area (Å²) in [6.45, 7) is 6.85. The normalized spacial score (nSPS) is 18.1. The van der Waals surface area contributed by atoms with E-state index in [1.165, 1.54) is 30.4 Å². The molecule has 2 aromatic rings. The van der Waals surface area contributed by atoms with E-state index in [0.717, 1.165) is 12.2 Å². The van der Waals surface area contributed by atoms with E-state index < -0.39 is 0 Å². The van der Waals surface area contributed by atoms with Gasteiger partial charge in [0.15, 0.2) is 5.65 Å².